The summed E-state index contributed by atoms with van der Waals surface area (Å²) >= 11 is 1.51. The Labute approximate surface area is 184 Å². The first-order chi connectivity index (χ1) is 15.1. The topological polar surface area (TPSA) is 111 Å². The van der Waals surface area contributed by atoms with Crippen LogP contribution in [0.2, 0.25) is 0 Å². The van der Waals surface area contributed by atoms with Gasteiger partial charge in [0.05, 0.1) is 17.8 Å². The quantitative estimate of drug-likeness (QED) is 0.412. The number of aromatic nitrogens is 6. The number of fused-ring (bicyclic) bond motifs is 1. The smallest absolute Gasteiger partial charge is 0.242 e. The number of tetrazole rings is 1. The molecule has 0 aliphatic carbocycles. The number of carbonyl (C=O) groups excluding carboxylic acids is 1. The zero-order chi connectivity index (χ0) is 21.8. The van der Waals surface area contributed by atoms with Gasteiger partial charge in [0.25, 0.3) is 0 Å². The largest absolute Gasteiger partial charge is 0.494 e. The maximum absolute atomic E-state index is 12.8. The van der Waals surface area contributed by atoms with Crippen molar-refractivity contribution in [1.82, 2.24) is 35.5 Å². The van der Waals surface area contributed by atoms with Crippen LogP contribution in [0.5, 0.6) is 5.75 Å². The highest BCUT2D eigenvalue weighted by Crippen LogP contribution is 2.28. The summed E-state index contributed by atoms with van der Waals surface area (Å²) in [6.45, 7) is 5.84. The average Bonchev–Trinajstić information content (AvgIpc) is 3.41. The van der Waals surface area contributed by atoms with E-state index in [0.29, 0.717) is 24.9 Å². The van der Waals surface area contributed by atoms with Crippen LogP contribution in [0.15, 0.2) is 23.4 Å². The molecule has 10 nitrogen and oxygen atoms in total. The van der Waals surface area contributed by atoms with Crippen molar-refractivity contribution in [1.29, 1.82) is 0 Å². The Morgan fingerprint density at radius 1 is 1.35 bits per heavy atom. The summed E-state index contributed by atoms with van der Waals surface area (Å²) in [6.07, 6.45) is 1.72. The van der Waals surface area contributed by atoms with E-state index in [1.807, 2.05) is 36.9 Å². The third-order valence-corrected chi connectivity index (χ3v) is 6.20. The number of amides is 1. The van der Waals surface area contributed by atoms with E-state index in [1.165, 1.54) is 11.8 Å². The lowest BCUT2D eigenvalue weighted by atomic mass is 10.2. The number of benzene rings is 1. The first-order valence-corrected chi connectivity index (χ1v) is 11.4. The van der Waals surface area contributed by atoms with Gasteiger partial charge in [0.1, 0.15) is 11.8 Å². The third-order valence-electron chi connectivity index (χ3n) is 5.18. The van der Waals surface area contributed by atoms with Crippen molar-refractivity contribution >= 4 is 34.5 Å². The minimum absolute atomic E-state index is 0.00207. The van der Waals surface area contributed by atoms with E-state index in [-0.39, 0.29) is 11.9 Å². The summed E-state index contributed by atoms with van der Waals surface area (Å²) in [7, 11) is 1.79. The predicted molar refractivity (Wildman–Crippen MR) is 118 cm³/mol. The van der Waals surface area contributed by atoms with Gasteiger partial charge in [-0.25, -0.2) is 14.6 Å². The van der Waals surface area contributed by atoms with E-state index in [2.05, 4.69) is 20.8 Å². The van der Waals surface area contributed by atoms with Crippen molar-refractivity contribution in [3.8, 4) is 5.75 Å². The molecule has 3 heterocycles. The molecule has 11 heteroatoms. The van der Waals surface area contributed by atoms with Crippen LogP contribution in [0.4, 0.5) is 5.95 Å². The summed E-state index contributed by atoms with van der Waals surface area (Å²) in [4.78, 5) is 24.3. The summed E-state index contributed by atoms with van der Waals surface area (Å²) in [5.41, 5.74) is 1.73. The lowest BCUT2D eigenvalue weighted by molar-refractivity contribution is -0.122. The molecule has 1 aliphatic rings. The molecule has 1 aliphatic heterocycles. The number of carbonyl (C=O) groups is 1. The fraction of sp³-hybridized carbons (Fsp3) is 0.500. The first-order valence-electron chi connectivity index (χ1n) is 10.4. The van der Waals surface area contributed by atoms with Gasteiger partial charge >= 0.3 is 0 Å². The number of nitrogens with one attached hydrogen (secondary N) is 1. The Balaban J connectivity index is 1.42. The van der Waals surface area contributed by atoms with Crippen molar-refractivity contribution in [2.75, 3.05) is 30.3 Å². The minimum Gasteiger partial charge on any atom is -0.494 e. The van der Waals surface area contributed by atoms with E-state index < -0.39 is 0 Å². The van der Waals surface area contributed by atoms with Crippen molar-refractivity contribution in [2.24, 2.45) is 7.05 Å². The zero-order valence-corrected chi connectivity index (χ0v) is 18.7. The maximum Gasteiger partial charge on any atom is 0.242 e. The van der Waals surface area contributed by atoms with E-state index >= 15 is 0 Å². The molecule has 3 aromatic rings. The molecule has 1 unspecified atom stereocenters. The summed E-state index contributed by atoms with van der Waals surface area (Å²) in [5, 5.41) is 16.1. The Kier molecular flexibility index (Phi) is 6.50. The molecule has 0 bridgehead atoms. The molecule has 1 aromatic carbocycles. The molecule has 0 spiro atoms. The van der Waals surface area contributed by atoms with Crippen LogP contribution in [0.1, 0.15) is 25.5 Å². The van der Waals surface area contributed by atoms with Crippen LogP contribution >= 0.6 is 11.8 Å². The van der Waals surface area contributed by atoms with Gasteiger partial charge < -0.3 is 15.0 Å². The highest BCUT2D eigenvalue weighted by atomic mass is 32.2. The van der Waals surface area contributed by atoms with Gasteiger partial charge in [0.2, 0.25) is 17.0 Å². The lowest BCUT2D eigenvalue weighted by Crippen LogP contribution is -2.44. The Morgan fingerprint density at radius 2 is 2.23 bits per heavy atom. The van der Waals surface area contributed by atoms with Crippen LogP contribution in [0.3, 0.4) is 0 Å². The molecule has 0 radical (unpaired) electrons. The van der Waals surface area contributed by atoms with Gasteiger partial charge in [0.15, 0.2) is 0 Å². The van der Waals surface area contributed by atoms with Crippen molar-refractivity contribution < 1.29 is 9.53 Å². The van der Waals surface area contributed by atoms with Gasteiger partial charge in [-0.1, -0.05) is 11.8 Å². The molecule has 1 amide bonds. The van der Waals surface area contributed by atoms with Crippen LogP contribution in [-0.4, -0.2) is 67.6 Å². The number of thioether (sulfide) groups is 1. The molecule has 1 fully saturated rings. The standard InChI is InChI=1S/C20H26N8O2S/c1-4-30-14-7-8-16-15(12-14)13(2)22-19(23-16)28-10-5-6-17(28)18(29)21-9-11-31-20-24-25-26-27(20)3/h7-8,12,17H,4-6,9-11H2,1-3H3,(H,21,29). The molecular formula is C20H26N8O2S. The number of nitrogens with zero attached hydrogens (tertiary/aromatic N) is 7. The van der Waals surface area contributed by atoms with E-state index in [0.717, 1.165) is 46.9 Å². The van der Waals surface area contributed by atoms with Crippen LogP contribution < -0.4 is 15.0 Å². The highest BCUT2D eigenvalue weighted by Gasteiger charge is 2.32. The Morgan fingerprint density at radius 3 is 3.00 bits per heavy atom. The fourth-order valence-electron chi connectivity index (χ4n) is 3.69. The van der Waals surface area contributed by atoms with Gasteiger partial charge in [-0.3, -0.25) is 4.79 Å². The molecule has 4 rings (SSSR count). The van der Waals surface area contributed by atoms with Crippen LogP contribution in [0.25, 0.3) is 10.9 Å². The fourth-order valence-corrected chi connectivity index (χ4v) is 4.39. The number of rotatable bonds is 8. The lowest BCUT2D eigenvalue weighted by Gasteiger charge is -2.24. The molecule has 31 heavy (non-hydrogen) atoms. The second-order valence-corrected chi connectivity index (χ2v) is 8.36. The molecule has 1 N–H and O–H groups in total. The number of aryl methyl sites for hydroxylation is 2. The van der Waals surface area contributed by atoms with E-state index in [4.69, 9.17) is 14.7 Å². The molecule has 2 aromatic heterocycles. The second-order valence-electron chi connectivity index (χ2n) is 7.30. The summed E-state index contributed by atoms with van der Waals surface area (Å²) < 4.78 is 7.20. The second kappa shape index (κ2) is 9.46. The number of ether oxygens (including phenoxy) is 1. The molecule has 1 atom stereocenters. The van der Waals surface area contributed by atoms with Gasteiger partial charge in [-0.2, -0.15) is 0 Å². The molecule has 0 saturated carbocycles. The van der Waals surface area contributed by atoms with Gasteiger partial charge in [-0.05, 0) is 55.3 Å². The summed E-state index contributed by atoms with van der Waals surface area (Å²) in [5.74, 6) is 2.11. The SMILES string of the molecule is CCOc1ccc2nc(N3CCCC3C(=O)NCCSc3nnnn3C)nc(C)c2c1. The maximum atomic E-state index is 12.8. The van der Waals surface area contributed by atoms with Crippen LogP contribution in [-0.2, 0) is 11.8 Å². The zero-order valence-electron chi connectivity index (χ0n) is 17.9. The van der Waals surface area contributed by atoms with Crippen molar-refractivity contribution in [2.45, 2.75) is 37.9 Å². The number of hydrogen-bond donors (Lipinski definition) is 1. The average molecular weight is 443 g/mol. The predicted octanol–water partition coefficient (Wildman–Crippen LogP) is 1.74. The third kappa shape index (κ3) is 4.71. The number of hydrogen-bond acceptors (Lipinski definition) is 9. The monoisotopic (exact) mass is 442 g/mol. The normalized spacial score (nSPS) is 16.1. The van der Waals surface area contributed by atoms with E-state index in [9.17, 15) is 4.79 Å². The molecule has 164 valence electrons. The summed E-state index contributed by atoms with van der Waals surface area (Å²) in [6, 6.07) is 5.57. The number of anilines is 1. The van der Waals surface area contributed by atoms with Crippen LogP contribution in [0, 0.1) is 6.92 Å². The molecule has 1 saturated heterocycles. The Bertz CT molecular complexity index is 1070. The van der Waals surface area contributed by atoms with E-state index in [1.54, 1.807) is 11.7 Å². The molecular weight excluding hydrogens is 416 g/mol. The van der Waals surface area contributed by atoms with Gasteiger partial charge in [-0.15, -0.1) is 5.10 Å². The van der Waals surface area contributed by atoms with Crippen molar-refractivity contribution in [3.05, 3.63) is 23.9 Å². The minimum atomic E-state index is -0.263. The van der Waals surface area contributed by atoms with Gasteiger partial charge in [0, 0.05) is 31.3 Å². The highest BCUT2D eigenvalue weighted by molar-refractivity contribution is 7.99. The van der Waals surface area contributed by atoms with Crippen molar-refractivity contribution in [3.63, 3.8) is 0 Å². The Hall–Kier alpha value is -2.95. The first kappa shape index (κ1) is 21.3.